The molecule has 1 unspecified atom stereocenters. The monoisotopic (exact) mass is 252 g/mol. The first-order chi connectivity index (χ1) is 8.60. The number of hydrogen-bond acceptors (Lipinski definition) is 5. The summed E-state index contributed by atoms with van der Waals surface area (Å²) >= 11 is 0. The van der Waals surface area contributed by atoms with Crippen molar-refractivity contribution in [3.05, 3.63) is 29.8 Å². The van der Waals surface area contributed by atoms with Crippen molar-refractivity contribution in [3.63, 3.8) is 0 Å². The topological polar surface area (TPSA) is 68.4 Å². The van der Waals surface area contributed by atoms with Crippen LogP contribution < -0.4 is 0 Å². The molecule has 1 aromatic heterocycles. The second kappa shape index (κ2) is 5.14. The summed E-state index contributed by atoms with van der Waals surface area (Å²) < 4.78 is 23.2. The molecule has 0 fully saturated rings. The van der Waals surface area contributed by atoms with Gasteiger partial charge in [-0.1, -0.05) is 5.16 Å². The van der Waals surface area contributed by atoms with Crippen LogP contribution in [0, 0.1) is 5.82 Å². The highest BCUT2D eigenvalue weighted by Crippen LogP contribution is 2.28. The van der Waals surface area contributed by atoms with Crippen molar-refractivity contribution in [2.45, 2.75) is 19.4 Å². The van der Waals surface area contributed by atoms with Crippen LogP contribution >= 0.6 is 0 Å². The largest absolute Gasteiger partial charge is 0.507 e. The van der Waals surface area contributed by atoms with E-state index in [2.05, 4.69) is 10.1 Å². The molecule has 0 radical (unpaired) electrons. The lowest BCUT2D eigenvalue weighted by Gasteiger charge is -2.04. The minimum absolute atomic E-state index is 0.0449. The molecule has 0 aliphatic heterocycles. The smallest absolute Gasteiger partial charge is 0.261 e. The van der Waals surface area contributed by atoms with Crippen molar-refractivity contribution < 1.29 is 18.8 Å². The molecule has 2 aromatic rings. The Morgan fingerprint density at radius 1 is 1.50 bits per heavy atom. The Balaban J connectivity index is 2.26. The number of halogens is 1. The van der Waals surface area contributed by atoms with E-state index in [0.717, 1.165) is 12.1 Å². The van der Waals surface area contributed by atoms with Crippen molar-refractivity contribution in [2.24, 2.45) is 0 Å². The fourth-order valence-corrected chi connectivity index (χ4v) is 1.47. The van der Waals surface area contributed by atoms with Crippen LogP contribution in [-0.2, 0) is 11.2 Å². The predicted molar refractivity (Wildman–Crippen MR) is 61.5 cm³/mol. The van der Waals surface area contributed by atoms with Gasteiger partial charge in [-0.05, 0) is 25.1 Å². The minimum atomic E-state index is -0.479. The molecule has 0 saturated carbocycles. The van der Waals surface area contributed by atoms with Crippen LogP contribution in [0.15, 0.2) is 22.7 Å². The van der Waals surface area contributed by atoms with Crippen molar-refractivity contribution in [2.75, 3.05) is 7.11 Å². The first-order valence-electron chi connectivity index (χ1n) is 5.44. The molecule has 1 heterocycles. The Bertz CT molecular complexity index is 542. The van der Waals surface area contributed by atoms with Gasteiger partial charge in [0.15, 0.2) is 5.82 Å². The average molecular weight is 252 g/mol. The van der Waals surface area contributed by atoms with Gasteiger partial charge in [0.2, 0.25) is 0 Å². The first-order valence-corrected chi connectivity index (χ1v) is 5.44. The number of benzene rings is 1. The third-order valence-electron chi connectivity index (χ3n) is 2.53. The van der Waals surface area contributed by atoms with Gasteiger partial charge < -0.3 is 14.4 Å². The van der Waals surface area contributed by atoms with Crippen LogP contribution in [0.1, 0.15) is 12.7 Å². The molecule has 6 heteroatoms. The van der Waals surface area contributed by atoms with Crippen molar-refractivity contribution in [1.29, 1.82) is 0 Å². The highest BCUT2D eigenvalue weighted by Gasteiger charge is 2.15. The number of phenols is 1. The Morgan fingerprint density at radius 2 is 2.28 bits per heavy atom. The van der Waals surface area contributed by atoms with E-state index in [-0.39, 0.29) is 23.3 Å². The van der Waals surface area contributed by atoms with Crippen LogP contribution in [-0.4, -0.2) is 28.5 Å². The maximum absolute atomic E-state index is 13.1. The molecule has 96 valence electrons. The molecule has 1 aromatic carbocycles. The maximum atomic E-state index is 13.1. The first kappa shape index (κ1) is 12.5. The van der Waals surface area contributed by atoms with E-state index in [0.29, 0.717) is 12.2 Å². The quantitative estimate of drug-likeness (QED) is 0.903. The second-order valence-corrected chi connectivity index (χ2v) is 3.93. The third-order valence-corrected chi connectivity index (χ3v) is 2.53. The summed E-state index contributed by atoms with van der Waals surface area (Å²) in [5.41, 5.74) is 0.179. The van der Waals surface area contributed by atoms with Gasteiger partial charge in [0, 0.05) is 13.5 Å². The summed E-state index contributed by atoms with van der Waals surface area (Å²) in [6, 6.07) is 3.54. The fraction of sp³-hybridized carbons (Fsp3) is 0.333. The van der Waals surface area contributed by atoms with E-state index >= 15 is 0 Å². The molecule has 0 aliphatic rings. The van der Waals surface area contributed by atoms with E-state index in [1.807, 2.05) is 6.92 Å². The molecule has 0 spiro atoms. The van der Waals surface area contributed by atoms with Gasteiger partial charge in [-0.25, -0.2) is 4.39 Å². The minimum Gasteiger partial charge on any atom is -0.507 e. The molecule has 2 rings (SSSR count). The zero-order valence-electron chi connectivity index (χ0n) is 10.1. The van der Waals surface area contributed by atoms with E-state index in [9.17, 15) is 9.50 Å². The molecular weight excluding hydrogens is 239 g/mol. The predicted octanol–water partition coefficient (Wildman–Crippen LogP) is 2.16. The lowest BCUT2D eigenvalue weighted by atomic mass is 10.2. The molecule has 5 nitrogen and oxygen atoms in total. The van der Waals surface area contributed by atoms with Crippen LogP contribution in [0.5, 0.6) is 5.75 Å². The number of phenolic OH excluding ortho intramolecular Hbond substituents is 1. The Hall–Kier alpha value is -1.95. The van der Waals surface area contributed by atoms with Gasteiger partial charge in [-0.15, -0.1) is 0 Å². The van der Waals surface area contributed by atoms with Crippen LogP contribution in [0.4, 0.5) is 4.39 Å². The number of nitrogens with zero attached hydrogens (tertiary/aromatic N) is 2. The van der Waals surface area contributed by atoms with Crippen molar-refractivity contribution >= 4 is 0 Å². The molecule has 0 amide bonds. The van der Waals surface area contributed by atoms with Gasteiger partial charge >= 0.3 is 0 Å². The van der Waals surface area contributed by atoms with E-state index < -0.39 is 5.82 Å². The summed E-state index contributed by atoms with van der Waals surface area (Å²) in [6.45, 7) is 1.87. The Labute approximate surface area is 103 Å². The summed E-state index contributed by atoms with van der Waals surface area (Å²) in [7, 11) is 1.59. The van der Waals surface area contributed by atoms with Crippen molar-refractivity contribution in [3.8, 4) is 17.2 Å². The molecule has 0 bridgehead atoms. The van der Waals surface area contributed by atoms with Crippen LogP contribution in [0.2, 0.25) is 0 Å². The molecule has 1 atom stereocenters. The van der Waals surface area contributed by atoms with Crippen LogP contribution in [0.25, 0.3) is 11.5 Å². The molecular formula is C12H13FN2O3. The zero-order chi connectivity index (χ0) is 13.1. The summed E-state index contributed by atoms with van der Waals surface area (Å²) in [5, 5.41) is 13.4. The Morgan fingerprint density at radius 3 is 3.00 bits per heavy atom. The van der Waals surface area contributed by atoms with Gasteiger partial charge in [0.25, 0.3) is 5.89 Å². The third kappa shape index (κ3) is 2.65. The van der Waals surface area contributed by atoms with E-state index in [4.69, 9.17) is 9.26 Å². The average Bonchev–Trinajstić information content (AvgIpc) is 2.80. The lowest BCUT2D eigenvalue weighted by molar-refractivity contribution is 0.116. The highest BCUT2D eigenvalue weighted by molar-refractivity contribution is 5.61. The SMILES string of the molecule is COC(C)Cc1noc(-c2cc(F)ccc2O)n1. The summed E-state index contributed by atoms with van der Waals surface area (Å²) in [4.78, 5) is 4.09. The van der Waals surface area contributed by atoms with E-state index in [1.54, 1.807) is 7.11 Å². The number of hydrogen-bond donors (Lipinski definition) is 1. The number of ether oxygens (including phenoxy) is 1. The molecule has 0 saturated heterocycles. The summed E-state index contributed by atoms with van der Waals surface area (Å²) in [5.74, 6) is -0.0486. The fourth-order valence-electron chi connectivity index (χ4n) is 1.47. The van der Waals surface area contributed by atoms with E-state index in [1.165, 1.54) is 6.07 Å². The number of methoxy groups -OCH3 is 1. The van der Waals surface area contributed by atoms with Gasteiger partial charge in [0.1, 0.15) is 11.6 Å². The van der Waals surface area contributed by atoms with Gasteiger partial charge in [-0.3, -0.25) is 0 Å². The molecule has 1 N–H and O–H groups in total. The van der Waals surface area contributed by atoms with Crippen molar-refractivity contribution in [1.82, 2.24) is 10.1 Å². The highest BCUT2D eigenvalue weighted by atomic mass is 19.1. The summed E-state index contributed by atoms with van der Waals surface area (Å²) in [6.07, 6.45) is 0.437. The van der Waals surface area contributed by atoms with Gasteiger partial charge in [0.05, 0.1) is 11.7 Å². The maximum Gasteiger partial charge on any atom is 0.261 e. The molecule has 18 heavy (non-hydrogen) atoms. The second-order valence-electron chi connectivity index (χ2n) is 3.93. The number of aromatic hydroxyl groups is 1. The lowest BCUT2D eigenvalue weighted by Crippen LogP contribution is -2.09. The number of rotatable bonds is 4. The zero-order valence-corrected chi connectivity index (χ0v) is 10.1. The molecule has 0 aliphatic carbocycles. The van der Waals surface area contributed by atoms with Crippen LogP contribution in [0.3, 0.4) is 0 Å². The Kier molecular flexibility index (Phi) is 3.57. The standard InChI is InChI=1S/C12H13FN2O3/c1-7(17-2)5-11-14-12(18-15-11)9-6-8(13)3-4-10(9)16/h3-4,6-7,16H,5H2,1-2H3. The number of aromatic nitrogens is 2. The van der Waals surface area contributed by atoms with Gasteiger partial charge in [-0.2, -0.15) is 4.98 Å². The normalized spacial score (nSPS) is 12.6.